The molecule has 0 aliphatic heterocycles. The number of nitriles is 1. The number of methoxy groups -OCH3 is 1. The van der Waals surface area contributed by atoms with Crippen molar-refractivity contribution in [2.45, 2.75) is 6.92 Å². The lowest BCUT2D eigenvalue weighted by Crippen LogP contribution is -2.20. The molecule has 2 aromatic rings. The van der Waals surface area contributed by atoms with Crippen molar-refractivity contribution in [2.24, 2.45) is 7.05 Å². The normalized spacial score (nSPS) is 10.0. The zero-order chi connectivity index (χ0) is 14.0. The highest BCUT2D eigenvalue weighted by Gasteiger charge is 2.14. The molecule has 0 bridgehead atoms. The van der Waals surface area contributed by atoms with Crippen LogP contribution in [0.3, 0.4) is 0 Å². The summed E-state index contributed by atoms with van der Waals surface area (Å²) in [5.41, 5.74) is 2.24. The molecule has 0 aliphatic rings. The number of pyridine rings is 1. The van der Waals surface area contributed by atoms with E-state index in [9.17, 15) is 10.1 Å². The van der Waals surface area contributed by atoms with Crippen LogP contribution in [0.5, 0.6) is 5.75 Å². The lowest BCUT2D eigenvalue weighted by atomic mass is 9.97. The molecule has 1 aromatic heterocycles. The van der Waals surface area contributed by atoms with Crippen LogP contribution in [0.15, 0.2) is 35.3 Å². The van der Waals surface area contributed by atoms with Gasteiger partial charge in [0.2, 0.25) is 0 Å². The number of hydrogen-bond acceptors (Lipinski definition) is 3. The van der Waals surface area contributed by atoms with Gasteiger partial charge in [-0.1, -0.05) is 12.1 Å². The Balaban J connectivity index is 2.79. The van der Waals surface area contributed by atoms with Crippen molar-refractivity contribution in [3.63, 3.8) is 0 Å². The Kier molecular flexibility index (Phi) is 3.39. The first-order valence-corrected chi connectivity index (χ1v) is 5.83. The summed E-state index contributed by atoms with van der Waals surface area (Å²) in [4.78, 5) is 12.0. The average molecular weight is 254 g/mol. The van der Waals surface area contributed by atoms with Crippen LogP contribution in [0.4, 0.5) is 0 Å². The van der Waals surface area contributed by atoms with Crippen LogP contribution in [-0.4, -0.2) is 11.7 Å². The van der Waals surface area contributed by atoms with Gasteiger partial charge in [0.25, 0.3) is 5.56 Å². The number of ether oxygens (including phenoxy) is 1. The first-order valence-electron chi connectivity index (χ1n) is 5.83. The summed E-state index contributed by atoms with van der Waals surface area (Å²) in [5.74, 6) is 0.696. The van der Waals surface area contributed by atoms with E-state index in [1.54, 1.807) is 20.4 Å². The third kappa shape index (κ3) is 2.23. The van der Waals surface area contributed by atoms with E-state index in [1.807, 2.05) is 37.3 Å². The fourth-order valence-electron chi connectivity index (χ4n) is 2.15. The van der Waals surface area contributed by atoms with Crippen LogP contribution < -0.4 is 10.3 Å². The second kappa shape index (κ2) is 4.99. The van der Waals surface area contributed by atoms with Crippen LogP contribution in [0.2, 0.25) is 0 Å². The molecule has 0 saturated carbocycles. The van der Waals surface area contributed by atoms with Gasteiger partial charge in [0, 0.05) is 18.8 Å². The lowest BCUT2D eigenvalue weighted by molar-refractivity contribution is 0.415. The number of hydrogen-bond donors (Lipinski definition) is 0. The van der Waals surface area contributed by atoms with Crippen molar-refractivity contribution in [1.82, 2.24) is 4.57 Å². The molecule has 1 heterocycles. The molecule has 0 saturated heterocycles. The van der Waals surface area contributed by atoms with E-state index in [0.29, 0.717) is 11.3 Å². The lowest BCUT2D eigenvalue weighted by Gasteiger charge is -2.11. The molecule has 2 rings (SSSR count). The first kappa shape index (κ1) is 12.9. The Hall–Kier alpha value is -2.54. The summed E-state index contributed by atoms with van der Waals surface area (Å²) in [6, 6.07) is 9.36. The third-order valence-corrected chi connectivity index (χ3v) is 3.04. The SMILES string of the molecule is COc1cccc(-c2c(C)cn(C)c(=O)c2C#N)c1. The van der Waals surface area contributed by atoms with E-state index >= 15 is 0 Å². The number of nitrogens with zero attached hydrogens (tertiary/aromatic N) is 2. The number of benzene rings is 1. The zero-order valence-electron chi connectivity index (χ0n) is 11.1. The smallest absolute Gasteiger partial charge is 0.268 e. The molecule has 0 N–H and O–H groups in total. The van der Waals surface area contributed by atoms with Gasteiger partial charge in [0.05, 0.1) is 7.11 Å². The largest absolute Gasteiger partial charge is 0.497 e. The molecule has 4 heteroatoms. The van der Waals surface area contributed by atoms with Gasteiger partial charge in [0.15, 0.2) is 0 Å². The molecule has 0 fully saturated rings. The Morgan fingerprint density at radius 2 is 2.11 bits per heavy atom. The predicted octanol–water partition coefficient (Wildman–Crippen LogP) is 2.24. The van der Waals surface area contributed by atoms with E-state index in [1.165, 1.54) is 4.57 Å². The van der Waals surface area contributed by atoms with Crippen LogP contribution in [0.25, 0.3) is 11.1 Å². The van der Waals surface area contributed by atoms with Crippen LogP contribution in [-0.2, 0) is 7.05 Å². The van der Waals surface area contributed by atoms with Gasteiger partial charge in [-0.25, -0.2) is 0 Å². The van der Waals surface area contributed by atoms with Crippen LogP contribution >= 0.6 is 0 Å². The molecular formula is C15H14N2O2. The van der Waals surface area contributed by atoms with Crippen molar-refractivity contribution >= 4 is 0 Å². The minimum absolute atomic E-state index is 0.163. The summed E-state index contributed by atoms with van der Waals surface area (Å²) in [6.45, 7) is 1.88. The van der Waals surface area contributed by atoms with E-state index in [-0.39, 0.29) is 11.1 Å². The molecule has 0 radical (unpaired) electrons. The summed E-state index contributed by atoms with van der Waals surface area (Å²) < 4.78 is 6.61. The monoisotopic (exact) mass is 254 g/mol. The average Bonchev–Trinajstić information content (AvgIpc) is 2.42. The van der Waals surface area contributed by atoms with Gasteiger partial charge in [-0.3, -0.25) is 4.79 Å². The number of aryl methyl sites for hydroxylation is 2. The molecular weight excluding hydrogens is 240 g/mol. The topological polar surface area (TPSA) is 55.0 Å². The highest BCUT2D eigenvalue weighted by Crippen LogP contribution is 2.27. The Morgan fingerprint density at radius 3 is 2.74 bits per heavy atom. The Morgan fingerprint density at radius 1 is 1.37 bits per heavy atom. The highest BCUT2D eigenvalue weighted by molar-refractivity contribution is 5.74. The predicted molar refractivity (Wildman–Crippen MR) is 73.1 cm³/mol. The minimum Gasteiger partial charge on any atom is -0.497 e. The van der Waals surface area contributed by atoms with E-state index < -0.39 is 0 Å². The second-order valence-corrected chi connectivity index (χ2v) is 4.32. The van der Waals surface area contributed by atoms with Gasteiger partial charge in [0.1, 0.15) is 17.4 Å². The summed E-state index contributed by atoms with van der Waals surface area (Å²) in [7, 11) is 3.23. The molecule has 19 heavy (non-hydrogen) atoms. The Bertz CT molecular complexity index is 724. The maximum Gasteiger partial charge on any atom is 0.268 e. The maximum atomic E-state index is 12.0. The number of aromatic nitrogens is 1. The van der Waals surface area contributed by atoms with Crippen LogP contribution in [0, 0.1) is 18.3 Å². The van der Waals surface area contributed by atoms with Gasteiger partial charge in [-0.05, 0) is 30.2 Å². The van der Waals surface area contributed by atoms with Crippen molar-refractivity contribution in [3.05, 3.63) is 51.9 Å². The van der Waals surface area contributed by atoms with Crippen molar-refractivity contribution < 1.29 is 4.74 Å². The fourth-order valence-corrected chi connectivity index (χ4v) is 2.15. The first-order chi connectivity index (χ1) is 9.08. The van der Waals surface area contributed by atoms with Gasteiger partial charge in [-0.15, -0.1) is 0 Å². The van der Waals surface area contributed by atoms with Crippen LogP contribution in [0.1, 0.15) is 11.1 Å². The van der Waals surface area contributed by atoms with E-state index in [4.69, 9.17) is 4.74 Å². The minimum atomic E-state index is -0.286. The highest BCUT2D eigenvalue weighted by atomic mass is 16.5. The molecule has 4 nitrogen and oxygen atoms in total. The zero-order valence-corrected chi connectivity index (χ0v) is 11.1. The molecule has 96 valence electrons. The summed E-state index contributed by atoms with van der Waals surface area (Å²) in [5, 5.41) is 9.24. The van der Waals surface area contributed by atoms with E-state index in [0.717, 1.165) is 11.1 Å². The fraction of sp³-hybridized carbons (Fsp3) is 0.200. The molecule has 0 unspecified atom stereocenters. The quantitative estimate of drug-likeness (QED) is 0.825. The van der Waals surface area contributed by atoms with E-state index in [2.05, 4.69) is 0 Å². The maximum absolute atomic E-state index is 12.0. The van der Waals surface area contributed by atoms with Crippen molar-refractivity contribution in [2.75, 3.05) is 7.11 Å². The van der Waals surface area contributed by atoms with Gasteiger partial charge >= 0.3 is 0 Å². The number of rotatable bonds is 2. The summed E-state index contributed by atoms with van der Waals surface area (Å²) in [6.07, 6.45) is 1.73. The van der Waals surface area contributed by atoms with Crippen molar-refractivity contribution in [1.29, 1.82) is 5.26 Å². The summed E-state index contributed by atoms with van der Waals surface area (Å²) >= 11 is 0. The molecule has 0 amide bonds. The molecule has 1 aromatic carbocycles. The third-order valence-electron chi connectivity index (χ3n) is 3.04. The van der Waals surface area contributed by atoms with Gasteiger partial charge in [-0.2, -0.15) is 5.26 Å². The van der Waals surface area contributed by atoms with Gasteiger partial charge < -0.3 is 9.30 Å². The van der Waals surface area contributed by atoms with Crippen molar-refractivity contribution in [3.8, 4) is 22.9 Å². The molecule has 0 atom stereocenters. The second-order valence-electron chi connectivity index (χ2n) is 4.32. The Labute approximate surface area is 111 Å². The standard InChI is InChI=1S/C15H14N2O2/c1-10-9-17(2)15(18)13(8-16)14(10)11-5-4-6-12(7-11)19-3/h4-7,9H,1-3H3. The molecule has 0 aliphatic carbocycles. The molecule has 0 spiro atoms.